The number of anilines is 1. The van der Waals surface area contributed by atoms with Gasteiger partial charge in [-0.05, 0) is 23.6 Å². The van der Waals surface area contributed by atoms with Crippen LogP contribution in [0.4, 0.5) is 5.69 Å². The molecule has 0 aliphatic carbocycles. The van der Waals surface area contributed by atoms with Gasteiger partial charge in [-0.3, -0.25) is 9.59 Å². The summed E-state index contributed by atoms with van der Waals surface area (Å²) in [5.41, 5.74) is 1.29. The summed E-state index contributed by atoms with van der Waals surface area (Å²) in [6.45, 7) is 5.87. The van der Waals surface area contributed by atoms with E-state index in [9.17, 15) is 9.59 Å². The maximum Gasteiger partial charge on any atom is 0.229 e. The second kappa shape index (κ2) is 5.25. The number of ketones is 1. The number of rotatable bonds is 1. The van der Waals surface area contributed by atoms with Crippen LogP contribution >= 0.6 is 11.3 Å². The van der Waals surface area contributed by atoms with Gasteiger partial charge in [-0.15, -0.1) is 11.3 Å². The first-order valence-electron chi connectivity index (χ1n) is 7.06. The molecule has 1 amide bonds. The number of carbonyl (C=O) groups excluding carboxylic acids is 2. The van der Waals surface area contributed by atoms with E-state index in [2.05, 4.69) is 5.32 Å². The van der Waals surface area contributed by atoms with Gasteiger partial charge in [0, 0.05) is 11.0 Å². The quantitative estimate of drug-likeness (QED) is 0.869. The van der Waals surface area contributed by atoms with E-state index in [0.717, 1.165) is 5.56 Å². The molecule has 0 saturated heterocycles. The molecule has 2 heterocycles. The highest BCUT2D eigenvalue weighted by Crippen LogP contribution is 2.36. The third kappa shape index (κ3) is 2.52. The first-order valence-corrected chi connectivity index (χ1v) is 7.94. The Balaban J connectivity index is 2.06. The van der Waals surface area contributed by atoms with Crippen LogP contribution in [0.2, 0.25) is 0 Å². The highest BCUT2D eigenvalue weighted by Gasteiger charge is 2.28. The second-order valence-corrected chi connectivity index (χ2v) is 7.19. The molecule has 0 radical (unpaired) electrons. The molecular formula is C17H17NO3S. The summed E-state index contributed by atoms with van der Waals surface area (Å²) in [5, 5.41) is 4.74. The van der Waals surface area contributed by atoms with E-state index in [-0.39, 0.29) is 11.7 Å². The van der Waals surface area contributed by atoms with E-state index in [0.29, 0.717) is 28.5 Å². The van der Waals surface area contributed by atoms with Crippen LogP contribution in [0.1, 0.15) is 41.6 Å². The molecule has 1 aliphatic rings. The van der Waals surface area contributed by atoms with Crippen molar-refractivity contribution in [2.24, 2.45) is 5.41 Å². The van der Waals surface area contributed by atoms with Gasteiger partial charge in [0.15, 0.2) is 0 Å². The summed E-state index contributed by atoms with van der Waals surface area (Å²) in [6, 6.07) is 7.18. The average Bonchev–Trinajstić information content (AvgIpc) is 2.87. The Bertz CT molecular complexity index is 756. The SMILES string of the molecule is CC(C)(C)C(=O)Nc1cccc2c1C(=O)c1sccc1CO2. The zero-order chi connectivity index (χ0) is 15.9. The first-order chi connectivity index (χ1) is 10.4. The molecule has 0 fully saturated rings. The van der Waals surface area contributed by atoms with Crippen LogP contribution in [0.3, 0.4) is 0 Å². The van der Waals surface area contributed by atoms with Crippen molar-refractivity contribution in [2.45, 2.75) is 27.4 Å². The van der Waals surface area contributed by atoms with E-state index in [1.54, 1.807) is 18.2 Å². The van der Waals surface area contributed by atoms with Crippen molar-refractivity contribution in [3.8, 4) is 5.75 Å². The Morgan fingerprint density at radius 1 is 1.27 bits per heavy atom. The predicted octanol–water partition coefficient (Wildman–Crippen LogP) is 3.86. The van der Waals surface area contributed by atoms with Gasteiger partial charge in [-0.1, -0.05) is 26.8 Å². The highest BCUT2D eigenvalue weighted by molar-refractivity contribution is 7.12. The largest absolute Gasteiger partial charge is 0.488 e. The van der Waals surface area contributed by atoms with Gasteiger partial charge in [-0.2, -0.15) is 0 Å². The van der Waals surface area contributed by atoms with Gasteiger partial charge < -0.3 is 10.1 Å². The van der Waals surface area contributed by atoms with Crippen molar-refractivity contribution in [3.63, 3.8) is 0 Å². The molecule has 3 rings (SSSR count). The Kier molecular flexibility index (Phi) is 3.53. The zero-order valence-corrected chi connectivity index (χ0v) is 13.5. The van der Waals surface area contributed by atoms with E-state index in [4.69, 9.17) is 4.74 Å². The highest BCUT2D eigenvalue weighted by atomic mass is 32.1. The molecule has 4 nitrogen and oxygen atoms in total. The molecule has 1 aliphatic heterocycles. The lowest BCUT2D eigenvalue weighted by atomic mass is 9.95. The summed E-state index contributed by atoms with van der Waals surface area (Å²) in [5.74, 6) is 0.284. The number of fused-ring (bicyclic) bond motifs is 2. The standard InChI is InChI=1S/C17H17NO3S/c1-17(2,3)16(20)18-11-5-4-6-12-13(11)14(19)15-10(9-21-12)7-8-22-15/h4-8H,9H2,1-3H3,(H,18,20). The summed E-state index contributed by atoms with van der Waals surface area (Å²) in [4.78, 5) is 25.7. The van der Waals surface area contributed by atoms with E-state index in [1.165, 1.54) is 11.3 Å². The minimum Gasteiger partial charge on any atom is -0.488 e. The Hall–Kier alpha value is -2.14. The van der Waals surface area contributed by atoms with E-state index < -0.39 is 5.41 Å². The Morgan fingerprint density at radius 3 is 2.77 bits per heavy atom. The van der Waals surface area contributed by atoms with Crippen molar-refractivity contribution < 1.29 is 14.3 Å². The number of hydrogen-bond donors (Lipinski definition) is 1. The molecule has 5 heteroatoms. The number of ether oxygens (including phenoxy) is 1. The van der Waals surface area contributed by atoms with Crippen LogP contribution in [0.15, 0.2) is 29.6 Å². The van der Waals surface area contributed by atoms with Gasteiger partial charge in [0.25, 0.3) is 0 Å². The summed E-state index contributed by atoms with van der Waals surface area (Å²) >= 11 is 1.40. The number of thiophene rings is 1. The minimum absolute atomic E-state index is 0.0951. The van der Waals surface area contributed by atoms with Gasteiger partial charge >= 0.3 is 0 Å². The number of benzene rings is 1. The van der Waals surface area contributed by atoms with Crippen molar-refractivity contribution in [1.82, 2.24) is 0 Å². The molecule has 114 valence electrons. The Morgan fingerprint density at radius 2 is 2.05 bits per heavy atom. The fraction of sp³-hybridized carbons (Fsp3) is 0.294. The van der Waals surface area contributed by atoms with Crippen LogP contribution in [0.25, 0.3) is 0 Å². The molecule has 1 N–H and O–H groups in total. The van der Waals surface area contributed by atoms with Gasteiger partial charge in [0.05, 0.1) is 16.1 Å². The number of hydrogen-bond acceptors (Lipinski definition) is 4. The maximum absolute atomic E-state index is 12.8. The molecule has 1 aromatic carbocycles. The van der Waals surface area contributed by atoms with Crippen molar-refractivity contribution >= 4 is 28.7 Å². The van der Waals surface area contributed by atoms with Gasteiger partial charge in [-0.25, -0.2) is 0 Å². The van der Waals surface area contributed by atoms with Crippen LogP contribution in [0, 0.1) is 5.41 Å². The molecule has 0 bridgehead atoms. The molecule has 0 atom stereocenters. The summed E-state index contributed by atoms with van der Waals surface area (Å²) < 4.78 is 5.75. The third-order valence-electron chi connectivity index (χ3n) is 3.52. The number of nitrogens with one attached hydrogen (secondary N) is 1. The lowest BCUT2D eigenvalue weighted by Gasteiger charge is -2.19. The van der Waals surface area contributed by atoms with Crippen LogP contribution in [-0.4, -0.2) is 11.7 Å². The fourth-order valence-electron chi connectivity index (χ4n) is 2.22. The van der Waals surface area contributed by atoms with Crippen molar-refractivity contribution in [3.05, 3.63) is 45.6 Å². The molecule has 0 spiro atoms. The fourth-order valence-corrected chi connectivity index (χ4v) is 3.07. The zero-order valence-electron chi connectivity index (χ0n) is 12.7. The predicted molar refractivity (Wildman–Crippen MR) is 86.6 cm³/mol. The minimum atomic E-state index is -0.536. The second-order valence-electron chi connectivity index (χ2n) is 6.28. The first kappa shape index (κ1) is 14.8. The van der Waals surface area contributed by atoms with E-state index in [1.807, 2.05) is 32.2 Å². The van der Waals surface area contributed by atoms with Crippen molar-refractivity contribution in [1.29, 1.82) is 0 Å². The summed E-state index contributed by atoms with van der Waals surface area (Å²) in [7, 11) is 0. The lowest BCUT2D eigenvalue weighted by molar-refractivity contribution is -0.123. The Labute approximate surface area is 133 Å². The average molecular weight is 315 g/mol. The molecule has 0 saturated carbocycles. The van der Waals surface area contributed by atoms with Crippen LogP contribution in [-0.2, 0) is 11.4 Å². The van der Waals surface area contributed by atoms with Crippen LogP contribution in [0.5, 0.6) is 5.75 Å². The lowest BCUT2D eigenvalue weighted by Crippen LogP contribution is -2.28. The number of carbonyl (C=O) groups is 2. The number of amides is 1. The normalized spacial score (nSPS) is 13.7. The van der Waals surface area contributed by atoms with Crippen molar-refractivity contribution in [2.75, 3.05) is 5.32 Å². The van der Waals surface area contributed by atoms with Gasteiger partial charge in [0.2, 0.25) is 11.7 Å². The molecular weight excluding hydrogens is 298 g/mol. The molecule has 2 aromatic rings. The van der Waals surface area contributed by atoms with Crippen LogP contribution < -0.4 is 10.1 Å². The topological polar surface area (TPSA) is 55.4 Å². The maximum atomic E-state index is 12.8. The smallest absolute Gasteiger partial charge is 0.229 e. The molecule has 0 unspecified atom stereocenters. The van der Waals surface area contributed by atoms with Gasteiger partial charge in [0.1, 0.15) is 12.4 Å². The monoisotopic (exact) mass is 315 g/mol. The summed E-state index contributed by atoms with van der Waals surface area (Å²) in [6.07, 6.45) is 0. The molecule has 22 heavy (non-hydrogen) atoms. The third-order valence-corrected chi connectivity index (χ3v) is 4.47. The molecule has 1 aromatic heterocycles. The van der Waals surface area contributed by atoms with E-state index >= 15 is 0 Å².